The number of hydrogen-bond donors (Lipinski definition) is 1. The summed E-state index contributed by atoms with van der Waals surface area (Å²) in [5.74, 6) is 1.18. The first-order valence-electron chi connectivity index (χ1n) is 7.98. The lowest BCUT2D eigenvalue weighted by molar-refractivity contribution is 0.126. The first-order chi connectivity index (χ1) is 12.1. The van der Waals surface area contributed by atoms with Crippen molar-refractivity contribution >= 4 is 11.8 Å². The van der Waals surface area contributed by atoms with Gasteiger partial charge in [-0.2, -0.15) is 4.68 Å². The average molecular weight is 356 g/mol. The summed E-state index contributed by atoms with van der Waals surface area (Å²) in [4.78, 5) is 0. The fourth-order valence-corrected chi connectivity index (χ4v) is 3.08. The van der Waals surface area contributed by atoms with Gasteiger partial charge in [0.05, 0.1) is 11.8 Å². The molecule has 0 amide bonds. The molecule has 0 aliphatic heterocycles. The van der Waals surface area contributed by atoms with Crippen LogP contribution in [0.5, 0.6) is 5.75 Å². The minimum absolute atomic E-state index is 0.224. The monoisotopic (exact) mass is 356 g/mol. The number of nitrogens with zero attached hydrogens (tertiary/aromatic N) is 4. The maximum absolute atomic E-state index is 10.1. The molecule has 1 atom stereocenters. The molecule has 0 bridgehead atoms. The van der Waals surface area contributed by atoms with Crippen molar-refractivity contribution in [3.05, 3.63) is 59.7 Å². The lowest BCUT2D eigenvalue weighted by atomic mass is 10.1. The highest BCUT2D eigenvalue weighted by Crippen LogP contribution is 2.22. The second-order valence-electron chi connectivity index (χ2n) is 5.75. The number of benzene rings is 2. The van der Waals surface area contributed by atoms with Crippen molar-refractivity contribution < 1.29 is 9.84 Å². The van der Waals surface area contributed by atoms with Gasteiger partial charge in [-0.3, -0.25) is 0 Å². The largest absolute Gasteiger partial charge is 0.491 e. The van der Waals surface area contributed by atoms with E-state index in [4.69, 9.17) is 4.74 Å². The van der Waals surface area contributed by atoms with Crippen LogP contribution in [0.4, 0.5) is 0 Å². The number of tetrazole rings is 1. The Morgan fingerprint density at radius 2 is 1.96 bits per heavy atom. The van der Waals surface area contributed by atoms with Gasteiger partial charge in [-0.25, -0.2) is 0 Å². The van der Waals surface area contributed by atoms with Crippen LogP contribution in [0, 0.1) is 13.8 Å². The van der Waals surface area contributed by atoms with Crippen molar-refractivity contribution in [1.82, 2.24) is 20.2 Å². The van der Waals surface area contributed by atoms with Crippen LogP contribution in [0.15, 0.2) is 53.7 Å². The first kappa shape index (κ1) is 17.4. The molecule has 0 fully saturated rings. The minimum Gasteiger partial charge on any atom is -0.491 e. The molecule has 0 spiro atoms. The highest BCUT2D eigenvalue weighted by atomic mass is 32.2. The Morgan fingerprint density at radius 3 is 2.76 bits per heavy atom. The van der Waals surface area contributed by atoms with Crippen LogP contribution < -0.4 is 4.74 Å². The van der Waals surface area contributed by atoms with E-state index < -0.39 is 6.10 Å². The average Bonchev–Trinajstić information content (AvgIpc) is 3.09. The molecule has 130 valence electrons. The van der Waals surface area contributed by atoms with Crippen molar-refractivity contribution in [3.8, 4) is 11.4 Å². The van der Waals surface area contributed by atoms with Gasteiger partial charge < -0.3 is 9.84 Å². The summed E-state index contributed by atoms with van der Waals surface area (Å²) in [5, 5.41) is 22.7. The molecule has 6 nitrogen and oxygen atoms in total. The minimum atomic E-state index is -0.617. The highest BCUT2D eigenvalue weighted by molar-refractivity contribution is 7.99. The number of hydrogen-bond acceptors (Lipinski definition) is 6. The van der Waals surface area contributed by atoms with E-state index in [0.717, 1.165) is 22.6 Å². The Labute approximate surface area is 150 Å². The number of rotatable bonds is 7. The van der Waals surface area contributed by atoms with E-state index in [0.29, 0.717) is 10.9 Å². The van der Waals surface area contributed by atoms with Gasteiger partial charge >= 0.3 is 0 Å². The lowest BCUT2D eigenvalue weighted by Crippen LogP contribution is -2.20. The molecule has 1 N–H and O–H groups in total. The Hall–Kier alpha value is -2.38. The number of thioether (sulfide) groups is 1. The van der Waals surface area contributed by atoms with E-state index in [9.17, 15) is 5.11 Å². The third kappa shape index (κ3) is 4.58. The Morgan fingerprint density at radius 1 is 1.16 bits per heavy atom. The fraction of sp³-hybridized carbons (Fsp3) is 0.278. The molecule has 1 aromatic heterocycles. The predicted octanol–water partition coefficient (Wildman–Crippen LogP) is 2.81. The summed E-state index contributed by atoms with van der Waals surface area (Å²) in [6, 6.07) is 15.6. The number of aromatic nitrogens is 4. The van der Waals surface area contributed by atoms with Gasteiger partial charge in [-0.05, 0) is 53.6 Å². The Kier molecular flexibility index (Phi) is 5.67. The van der Waals surface area contributed by atoms with Gasteiger partial charge in [0.15, 0.2) is 0 Å². The summed E-state index contributed by atoms with van der Waals surface area (Å²) in [7, 11) is 0. The standard InChI is InChI=1S/C18H20N4O2S/c1-13-8-9-14(2)17(10-13)22-18(19-20-21-22)25-12-15(23)11-24-16-6-4-3-5-7-16/h3-10,15,23H,11-12H2,1-2H3/t15-/m0/s1. The van der Waals surface area contributed by atoms with Crippen LogP contribution in [-0.4, -0.2) is 43.8 Å². The lowest BCUT2D eigenvalue weighted by Gasteiger charge is -2.12. The van der Waals surface area contributed by atoms with E-state index in [2.05, 4.69) is 21.6 Å². The molecule has 2 aromatic carbocycles. The normalized spacial score (nSPS) is 12.1. The SMILES string of the molecule is Cc1ccc(C)c(-n2nnnc2SC[C@@H](O)COc2ccccc2)c1. The third-order valence-corrected chi connectivity index (χ3v) is 4.69. The smallest absolute Gasteiger partial charge is 0.214 e. The van der Waals surface area contributed by atoms with E-state index in [1.165, 1.54) is 11.8 Å². The fourth-order valence-electron chi connectivity index (χ4n) is 2.30. The van der Waals surface area contributed by atoms with E-state index in [1.54, 1.807) is 4.68 Å². The number of para-hydroxylation sites is 1. The molecular weight excluding hydrogens is 336 g/mol. The molecule has 0 unspecified atom stereocenters. The molecule has 7 heteroatoms. The van der Waals surface area contributed by atoms with Gasteiger partial charge in [0.1, 0.15) is 12.4 Å². The second kappa shape index (κ2) is 8.13. The van der Waals surface area contributed by atoms with Gasteiger partial charge in [-0.1, -0.05) is 42.1 Å². The van der Waals surface area contributed by atoms with Gasteiger partial charge in [0.2, 0.25) is 5.16 Å². The van der Waals surface area contributed by atoms with Crippen LogP contribution in [0.25, 0.3) is 5.69 Å². The van der Waals surface area contributed by atoms with Crippen LogP contribution in [-0.2, 0) is 0 Å². The summed E-state index contributed by atoms with van der Waals surface area (Å²) in [6.07, 6.45) is -0.617. The van der Waals surface area contributed by atoms with Crippen molar-refractivity contribution in [2.75, 3.05) is 12.4 Å². The van der Waals surface area contributed by atoms with Gasteiger partial charge in [0.25, 0.3) is 0 Å². The summed E-state index contributed by atoms with van der Waals surface area (Å²) in [6.45, 7) is 4.28. The molecule has 0 radical (unpaired) electrons. The Bertz CT molecular complexity index is 823. The summed E-state index contributed by atoms with van der Waals surface area (Å²) >= 11 is 1.40. The van der Waals surface area contributed by atoms with Gasteiger partial charge in [-0.15, -0.1) is 5.10 Å². The zero-order valence-electron chi connectivity index (χ0n) is 14.2. The maximum atomic E-state index is 10.1. The van der Waals surface area contributed by atoms with Gasteiger partial charge in [0, 0.05) is 5.75 Å². The molecular formula is C18H20N4O2S. The van der Waals surface area contributed by atoms with Crippen molar-refractivity contribution in [2.24, 2.45) is 0 Å². The van der Waals surface area contributed by atoms with E-state index >= 15 is 0 Å². The number of ether oxygens (including phenoxy) is 1. The van der Waals surface area contributed by atoms with Crippen LogP contribution in [0.3, 0.4) is 0 Å². The molecule has 3 aromatic rings. The number of aliphatic hydroxyl groups is 1. The third-order valence-electron chi connectivity index (χ3n) is 3.62. The van der Waals surface area contributed by atoms with Crippen LogP contribution in [0.1, 0.15) is 11.1 Å². The summed E-state index contributed by atoms with van der Waals surface area (Å²) in [5.41, 5.74) is 3.18. The Balaban J connectivity index is 1.61. The van der Waals surface area contributed by atoms with Crippen molar-refractivity contribution in [3.63, 3.8) is 0 Å². The molecule has 0 aliphatic carbocycles. The predicted molar refractivity (Wildman–Crippen MR) is 97.3 cm³/mol. The first-order valence-corrected chi connectivity index (χ1v) is 8.97. The molecule has 1 heterocycles. The number of aryl methyl sites for hydroxylation is 2. The van der Waals surface area contributed by atoms with Crippen LogP contribution >= 0.6 is 11.8 Å². The van der Waals surface area contributed by atoms with E-state index in [1.807, 2.05) is 56.3 Å². The molecule has 0 saturated carbocycles. The second-order valence-corrected chi connectivity index (χ2v) is 6.74. The molecule has 0 saturated heterocycles. The quantitative estimate of drug-likeness (QED) is 0.656. The molecule has 3 rings (SSSR count). The van der Waals surface area contributed by atoms with Crippen LogP contribution in [0.2, 0.25) is 0 Å². The van der Waals surface area contributed by atoms with Crippen molar-refractivity contribution in [2.45, 2.75) is 25.1 Å². The maximum Gasteiger partial charge on any atom is 0.214 e. The van der Waals surface area contributed by atoms with Crippen molar-refractivity contribution in [1.29, 1.82) is 0 Å². The molecule has 25 heavy (non-hydrogen) atoms. The van der Waals surface area contributed by atoms with E-state index in [-0.39, 0.29) is 6.61 Å². The molecule has 0 aliphatic rings. The summed E-state index contributed by atoms with van der Waals surface area (Å²) < 4.78 is 7.27. The topological polar surface area (TPSA) is 73.1 Å². The number of aliphatic hydroxyl groups excluding tert-OH is 1. The zero-order valence-corrected chi connectivity index (χ0v) is 15.0. The highest BCUT2D eigenvalue weighted by Gasteiger charge is 2.14. The zero-order chi connectivity index (χ0) is 17.6.